The van der Waals surface area contributed by atoms with E-state index in [2.05, 4.69) is 32.9 Å². The summed E-state index contributed by atoms with van der Waals surface area (Å²) in [6, 6.07) is 8.18. The zero-order valence-corrected chi connectivity index (χ0v) is 13.2. The van der Waals surface area contributed by atoms with E-state index in [1.165, 1.54) is 5.56 Å². The molecule has 0 aromatic heterocycles. The Morgan fingerprint density at radius 1 is 1.25 bits per heavy atom. The maximum absolute atomic E-state index is 12.3. The zero-order chi connectivity index (χ0) is 15.1. The molecule has 0 aliphatic heterocycles. The van der Waals surface area contributed by atoms with Crippen LogP contribution >= 0.6 is 0 Å². The van der Waals surface area contributed by atoms with Gasteiger partial charge in [-0.2, -0.15) is 0 Å². The highest BCUT2D eigenvalue weighted by Gasteiger charge is 2.17. The third-order valence-electron chi connectivity index (χ3n) is 3.71. The molecule has 0 aliphatic rings. The van der Waals surface area contributed by atoms with Gasteiger partial charge in [0.2, 0.25) is 5.91 Å². The lowest BCUT2D eigenvalue weighted by Gasteiger charge is -2.22. The monoisotopic (exact) mass is 276 g/mol. The third kappa shape index (κ3) is 4.97. The molecular weight excluding hydrogens is 248 g/mol. The zero-order valence-electron chi connectivity index (χ0n) is 13.2. The summed E-state index contributed by atoms with van der Waals surface area (Å²) in [5, 5.41) is 0. The Hall–Kier alpha value is -1.35. The van der Waals surface area contributed by atoms with Gasteiger partial charge in [-0.15, -0.1) is 0 Å². The molecule has 0 radical (unpaired) electrons. The van der Waals surface area contributed by atoms with Gasteiger partial charge in [0.1, 0.15) is 0 Å². The minimum Gasteiger partial charge on any atom is -0.330 e. The SMILES string of the molecule is CCc1ccc(N(C)C(=O)CC(CN)CC(C)C)cc1. The maximum Gasteiger partial charge on any atom is 0.227 e. The second-order valence-corrected chi connectivity index (χ2v) is 5.91. The summed E-state index contributed by atoms with van der Waals surface area (Å²) in [5.74, 6) is 0.996. The summed E-state index contributed by atoms with van der Waals surface area (Å²) in [5.41, 5.74) is 8.01. The van der Waals surface area contributed by atoms with Crippen LogP contribution in [-0.4, -0.2) is 19.5 Å². The Morgan fingerprint density at radius 3 is 2.30 bits per heavy atom. The molecule has 0 saturated heterocycles. The number of benzene rings is 1. The molecule has 1 aromatic carbocycles. The lowest BCUT2D eigenvalue weighted by atomic mass is 9.94. The van der Waals surface area contributed by atoms with Crippen molar-refractivity contribution >= 4 is 11.6 Å². The molecule has 0 spiro atoms. The van der Waals surface area contributed by atoms with Crippen molar-refractivity contribution in [1.29, 1.82) is 0 Å². The second-order valence-electron chi connectivity index (χ2n) is 5.91. The van der Waals surface area contributed by atoms with Crippen molar-refractivity contribution in [1.82, 2.24) is 0 Å². The first-order valence-corrected chi connectivity index (χ1v) is 7.53. The van der Waals surface area contributed by atoms with Gasteiger partial charge in [-0.1, -0.05) is 32.9 Å². The molecule has 0 aliphatic carbocycles. The lowest BCUT2D eigenvalue weighted by molar-refractivity contribution is -0.119. The molecule has 2 N–H and O–H groups in total. The number of nitrogens with two attached hydrogens (primary N) is 1. The van der Waals surface area contributed by atoms with Crippen LogP contribution in [0.4, 0.5) is 5.69 Å². The third-order valence-corrected chi connectivity index (χ3v) is 3.71. The maximum atomic E-state index is 12.3. The average molecular weight is 276 g/mol. The molecule has 3 heteroatoms. The molecule has 1 aromatic rings. The topological polar surface area (TPSA) is 46.3 Å². The van der Waals surface area contributed by atoms with E-state index < -0.39 is 0 Å². The molecule has 1 amide bonds. The van der Waals surface area contributed by atoms with E-state index in [0.717, 1.165) is 18.5 Å². The summed E-state index contributed by atoms with van der Waals surface area (Å²) in [6.45, 7) is 7.04. The van der Waals surface area contributed by atoms with Gasteiger partial charge >= 0.3 is 0 Å². The van der Waals surface area contributed by atoms with Gasteiger partial charge in [0.05, 0.1) is 0 Å². The molecule has 0 fully saturated rings. The minimum absolute atomic E-state index is 0.144. The van der Waals surface area contributed by atoms with E-state index in [4.69, 9.17) is 5.73 Å². The van der Waals surface area contributed by atoms with Crippen molar-refractivity contribution in [2.75, 3.05) is 18.5 Å². The first-order valence-electron chi connectivity index (χ1n) is 7.53. The van der Waals surface area contributed by atoms with E-state index in [9.17, 15) is 4.79 Å². The second kappa shape index (κ2) is 8.05. The molecule has 0 bridgehead atoms. The quantitative estimate of drug-likeness (QED) is 0.831. The molecule has 1 rings (SSSR count). The predicted molar refractivity (Wildman–Crippen MR) is 85.8 cm³/mol. The Balaban J connectivity index is 2.65. The summed E-state index contributed by atoms with van der Waals surface area (Å²) >= 11 is 0. The van der Waals surface area contributed by atoms with Crippen LogP contribution in [0.1, 0.15) is 39.2 Å². The molecular formula is C17H28N2O. The minimum atomic E-state index is 0.144. The highest BCUT2D eigenvalue weighted by Crippen LogP contribution is 2.19. The summed E-state index contributed by atoms with van der Waals surface area (Å²) in [6.07, 6.45) is 2.55. The number of anilines is 1. The highest BCUT2D eigenvalue weighted by molar-refractivity contribution is 5.92. The molecule has 3 nitrogen and oxygen atoms in total. The first kappa shape index (κ1) is 16.7. The standard InChI is InChI=1S/C17H28N2O/c1-5-14-6-8-16(9-7-14)19(4)17(20)11-15(12-18)10-13(2)3/h6-9,13,15H,5,10-12,18H2,1-4H3. The van der Waals surface area contributed by atoms with Crippen LogP contribution in [0.2, 0.25) is 0 Å². The molecule has 20 heavy (non-hydrogen) atoms. The van der Waals surface area contributed by atoms with Crippen LogP contribution in [0, 0.1) is 11.8 Å². The number of nitrogens with zero attached hydrogens (tertiary/aromatic N) is 1. The molecule has 1 atom stereocenters. The molecule has 0 heterocycles. The number of carbonyl (C=O) groups excluding carboxylic acids is 1. The Labute approximate surface area is 123 Å². The summed E-state index contributed by atoms with van der Waals surface area (Å²) in [7, 11) is 1.84. The predicted octanol–water partition coefficient (Wildman–Crippen LogP) is 3.22. The fraction of sp³-hybridized carbons (Fsp3) is 0.588. The summed E-state index contributed by atoms with van der Waals surface area (Å²) < 4.78 is 0. The fourth-order valence-electron chi connectivity index (χ4n) is 2.41. The van der Waals surface area contributed by atoms with Gasteiger partial charge in [0, 0.05) is 19.2 Å². The van der Waals surface area contributed by atoms with Crippen molar-refractivity contribution < 1.29 is 4.79 Å². The van der Waals surface area contributed by atoms with E-state index in [1.54, 1.807) is 4.90 Å². The van der Waals surface area contributed by atoms with Crippen molar-refractivity contribution in [2.24, 2.45) is 17.6 Å². The largest absolute Gasteiger partial charge is 0.330 e. The molecule has 112 valence electrons. The number of carbonyl (C=O) groups is 1. The van der Waals surface area contributed by atoms with Gasteiger partial charge in [-0.05, 0) is 48.9 Å². The first-order chi connectivity index (χ1) is 9.47. The van der Waals surface area contributed by atoms with E-state index in [1.807, 2.05) is 19.2 Å². The van der Waals surface area contributed by atoms with Crippen LogP contribution in [0.3, 0.4) is 0 Å². The Kier molecular flexibility index (Phi) is 6.73. The van der Waals surface area contributed by atoms with Crippen molar-refractivity contribution in [3.63, 3.8) is 0 Å². The number of hydrogen-bond acceptors (Lipinski definition) is 2. The number of hydrogen-bond donors (Lipinski definition) is 1. The average Bonchev–Trinajstić information content (AvgIpc) is 2.45. The number of aryl methyl sites for hydroxylation is 1. The lowest BCUT2D eigenvalue weighted by Crippen LogP contribution is -2.30. The number of rotatable bonds is 7. The van der Waals surface area contributed by atoms with Gasteiger partial charge in [-0.25, -0.2) is 0 Å². The van der Waals surface area contributed by atoms with Crippen LogP contribution < -0.4 is 10.6 Å². The number of amides is 1. The normalized spacial score (nSPS) is 12.5. The van der Waals surface area contributed by atoms with Crippen LogP contribution in [-0.2, 0) is 11.2 Å². The Bertz CT molecular complexity index is 412. The van der Waals surface area contributed by atoms with Gasteiger partial charge < -0.3 is 10.6 Å². The van der Waals surface area contributed by atoms with Crippen LogP contribution in [0.15, 0.2) is 24.3 Å². The Morgan fingerprint density at radius 2 is 1.85 bits per heavy atom. The molecule has 0 saturated carbocycles. The fourth-order valence-corrected chi connectivity index (χ4v) is 2.41. The van der Waals surface area contributed by atoms with E-state index in [0.29, 0.717) is 18.9 Å². The van der Waals surface area contributed by atoms with Crippen LogP contribution in [0.25, 0.3) is 0 Å². The van der Waals surface area contributed by atoms with Gasteiger partial charge in [0.15, 0.2) is 0 Å². The van der Waals surface area contributed by atoms with Crippen molar-refractivity contribution in [3.8, 4) is 0 Å². The van der Waals surface area contributed by atoms with Crippen molar-refractivity contribution in [3.05, 3.63) is 29.8 Å². The smallest absolute Gasteiger partial charge is 0.227 e. The summed E-state index contributed by atoms with van der Waals surface area (Å²) in [4.78, 5) is 14.1. The van der Waals surface area contributed by atoms with E-state index >= 15 is 0 Å². The van der Waals surface area contributed by atoms with Crippen LogP contribution in [0.5, 0.6) is 0 Å². The van der Waals surface area contributed by atoms with Crippen molar-refractivity contribution in [2.45, 2.75) is 40.0 Å². The van der Waals surface area contributed by atoms with E-state index in [-0.39, 0.29) is 11.8 Å². The molecule has 1 unspecified atom stereocenters. The highest BCUT2D eigenvalue weighted by atomic mass is 16.2. The van der Waals surface area contributed by atoms with Gasteiger partial charge in [0.25, 0.3) is 0 Å². The van der Waals surface area contributed by atoms with Gasteiger partial charge in [-0.3, -0.25) is 4.79 Å².